The molecular formula is C17H21ClF2N2O. The average Bonchev–Trinajstić information content (AvgIpc) is 3.17. The van der Waals surface area contributed by atoms with Crippen LogP contribution in [0.4, 0.5) is 8.78 Å². The molecule has 6 heteroatoms. The van der Waals surface area contributed by atoms with Crippen LogP contribution in [-0.2, 0) is 4.79 Å². The number of hydrogen-bond acceptors (Lipinski definition) is 2. The van der Waals surface area contributed by atoms with Gasteiger partial charge in [-0.1, -0.05) is 6.07 Å². The normalized spacial score (nSPS) is 32.2. The molecule has 2 aliphatic heterocycles. The van der Waals surface area contributed by atoms with Crippen LogP contribution in [0.15, 0.2) is 18.2 Å². The first kappa shape index (κ1) is 16.7. The molecule has 2 heterocycles. The third kappa shape index (κ3) is 3.22. The number of amides is 1. The van der Waals surface area contributed by atoms with Gasteiger partial charge in [0.2, 0.25) is 5.91 Å². The van der Waals surface area contributed by atoms with Crippen molar-refractivity contribution in [3.63, 3.8) is 0 Å². The Kier molecular flexibility index (Phi) is 4.61. The summed E-state index contributed by atoms with van der Waals surface area (Å²) in [6.07, 6.45) is 4.03. The summed E-state index contributed by atoms with van der Waals surface area (Å²) in [5, 5.41) is 3.56. The van der Waals surface area contributed by atoms with Gasteiger partial charge in [0, 0.05) is 37.2 Å². The monoisotopic (exact) mass is 342 g/mol. The van der Waals surface area contributed by atoms with Gasteiger partial charge in [0.25, 0.3) is 0 Å². The van der Waals surface area contributed by atoms with Crippen LogP contribution >= 0.6 is 12.4 Å². The fourth-order valence-corrected chi connectivity index (χ4v) is 3.99. The molecule has 2 saturated heterocycles. The van der Waals surface area contributed by atoms with E-state index in [4.69, 9.17) is 0 Å². The van der Waals surface area contributed by atoms with Crippen molar-refractivity contribution in [1.29, 1.82) is 0 Å². The lowest BCUT2D eigenvalue weighted by molar-refractivity contribution is -0.132. The number of carbonyl (C=O) groups excluding carboxylic acids is 1. The molecule has 126 valence electrons. The van der Waals surface area contributed by atoms with E-state index in [0.717, 1.165) is 32.0 Å². The molecule has 0 aromatic heterocycles. The highest BCUT2D eigenvalue weighted by Gasteiger charge is 2.47. The fourth-order valence-electron chi connectivity index (χ4n) is 3.99. The van der Waals surface area contributed by atoms with E-state index < -0.39 is 11.6 Å². The van der Waals surface area contributed by atoms with Crippen molar-refractivity contribution in [2.45, 2.75) is 43.7 Å². The second-order valence-electron chi connectivity index (χ2n) is 6.83. The van der Waals surface area contributed by atoms with Crippen molar-refractivity contribution in [1.82, 2.24) is 10.2 Å². The Bertz CT molecular complexity index is 612. The molecule has 1 aliphatic carbocycles. The molecule has 23 heavy (non-hydrogen) atoms. The maximum Gasteiger partial charge on any atom is 0.226 e. The van der Waals surface area contributed by atoms with E-state index in [1.165, 1.54) is 18.6 Å². The molecule has 1 amide bonds. The van der Waals surface area contributed by atoms with Gasteiger partial charge in [0.15, 0.2) is 0 Å². The van der Waals surface area contributed by atoms with E-state index in [1.54, 1.807) is 0 Å². The van der Waals surface area contributed by atoms with Crippen LogP contribution in [0.5, 0.6) is 0 Å². The van der Waals surface area contributed by atoms with Crippen LogP contribution in [0.25, 0.3) is 0 Å². The number of benzene rings is 1. The minimum Gasteiger partial charge on any atom is -0.341 e. The highest BCUT2D eigenvalue weighted by Crippen LogP contribution is 2.49. The molecule has 1 N–H and O–H groups in total. The Labute approximate surface area is 140 Å². The van der Waals surface area contributed by atoms with Gasteiger partial charge in [-0.15, -0.1) is 12.4 Å². The van der Waals surface area contributed by atoms with Crippen molar-refractivity contribution in [3.05, 3.63) is 35.4 Å². The summed E-state index contributed by atoms with van der Waals surface area (Å²) in [6.45, 7) is 1.56. The van der Waals surface area contributed by atoms with E-state index in [1.807, 2.05) is 4.90 Å². The Morgan fingerprint density at radius 2 is 1.96 bits per heavy atom. The molecule has 1 saturated carbocycles. The largest absolute Gasteiger partial charge is 0.341 e. The number of halogens is 3. The van der Waals surface area contributed by atoms with E-state index >= 15 is 0 Å². The summed E-state index contributed by atoms with van der Waals surface area (Å²) in [5.41, 5.74) is 0.481. The zero-order valence-electron chi connectivity index (χ0n) is 12.8. The van der Waals surface area contributed by atoms with E-state index in [9.17, 15) is 13.6 Å². The van der Waals surface area contributed by atoms with Crippen LogP contribution in [0, 0.1) is 17.6 Å². The van der Waals surface area contributed by atoms with Gasteiger partial charge in [0.1, 0.15) is 11.6 Å². The van der Waals surface area contributed by atoms with E-state index in [-0.39, 0.29) is 30.2 Å². The molecule has 3 aliphatic rings. The van der Waals surface area contributed by atoms with Gasteiger partial charge >= 0.3 is 0 Å². The van der Waals surface area contributed by atoms with Gasteiger partial charge in [-0.2, -0.15) is 0 Å². The SMILES string of the molecule is Cl.O=C(C1CC1c1ccc(F)cc1F)N1CCC2CCC(C1)N2. The van der Waals surface area contributed by atoms with Crippen LogP contribution in [0.2, 0.25) is 0 Å². The first-order chi connectivity index (χ1) is 10.6. The molecular weight excluding hydrogens is 322 g/mol. The lowest BCUT2D eigenvalue weighted by atomic mass is 10.1. The van der Waals surface area contributed by atoms with Crippen LogP contribution in [-0.4, -0.2) is 36.0 Å². The lowest BCUT2D eigenvalue weighted by Gasteiger charge is -2.24. The number of fused-ring (bicyclic) bond motifs is 2. The third-order valence-electron chi connectivity index (χ3n) is 5.30. The standard InChI is InChI=1S/C17H20F2N2O.ClH/c18-10-1-4-13(16(19)7-10)14-8-15(14)17(22)21-6-5-11-2-3-12(9-21)20-11;/h1,4,7,11-12,14-15,20H,2-3,5-6,8-9H2;1H. The van der Waals surface area contributed by atoms with Crippen LogP contribution in [0.3, 0.4) is 0 Å². The Morgan fingerprint density at radius 1 is 1.17 bits per heavy atom. The molecule has 1 aromatic carbocycles. The number of hydrogen-bond donors (Lipinski definition) is 1. The topological polar surface area (TPSA) is 32.3 Å². The molecule has 2 bridgehead atoms. The molecule has 4 atom stereocenters. The summed E-state index contributed by atoms with van der Waals surface area (Å²) in [7, 11) is 0. The van der Waals surface area contributed by atoms with Crippen LogP contribution < -0.4 is 5.32 Å². The van der Waals surface area contributed by atoms with Gasteiger partial charge in [0.05, 0.1) is 0 Å². The fraction of sp³-hybridized carbons (Fsp3) is 0.588. The van der Waals surface area contributed by atoms with Gasteiger partial charge in [-0.25, -0.2) is 8.78 Å². The first-order valence-electron chi connectivity index (χ1n) is 8.11. The van der Waals surface area contributed by atoms with Crippen LogP contribution in [0.1, 0.15) is 37.2 Å². The molecule has 3 nitrogen and oxygen atoms in total. The number of carbonyl (C=O) groups is 1. The van der Waals surface area contributed by atoms with Gasteiger partial charge in [-0.05, 0) is 43.2 Å². The quantitative estimate of drug-likeness (QED) is 0.896. The Morgan fingerprint density at radius 3 is 2.74 bits per heavy atom. The second kappa shape index (κ2) is 6.36. The number of rotatable bonds is 2. The Balaban J connectivity index is 0.00000156. The third-order valence-corrected chi connectivity index (χ3v) is 5.30. The molecule has 4 unspecified atom stereocenters. The van der Waals surface area contributed by atoms with Crippen molar-refractivity contribution in [2.24, 2.45) is 5.92 Å². The van der Waals surface area contributed by atoms with Crippen molar-refractivity contribution < 1.29 is 13.6 Å². The summed E-state index contributed by atoms with van der Waals surface area (Å²) >= 11 is 0. The molecule has 4 rings (SSSR count). The highest BCUT2D eigenvalue weighted by atomic mass is 35.5. The zero-order chi connectivity index (χ0) is 15.3. The number of likely N-dealkylation sites (tertiary alicyclic amines) is 1. The predicted molar refractivity (Wildman–Crippen MR) is 85.6 cm³/mol. The summed E-state index contributed by atoms with van der Waals surface area (Å²) < 4.78 is 26.8. The zero-order valence-corrected chi connectivity index (χ0v) is 13.6. The average molecular weight is 343 g/mol. The van der Waals surface area contributed by atoms with E-state index in [0.29, 0.717) is 24.1 Å². The van der Waals surface area contributed by atoms with Crippen molar-refractivity contribution in [3.8, 4) is 0 Å². The Hall–Kier alpha value is -1.20. The maximum absolute atomic E-state index is 13.8. The number of nitrogens with zero attached hydrogens (tertiary/aromatic N) is 1. The molecule has 0 radical (unpaired) electrons. The smallest absolute Gasteiger partial charge is 0.226 e. The minimum absolute atomic E-state index is 0. The van der Waals surface area contributed by atoms with E-state index in [2.05, 4.69) is 5.32 Å². The van der Waals surface area contributed by atoms with Gasteiger partial charge < -0.3 is 10.2 Å². The van der Waals surface area contributed by atoms with Gasteiger partial charge in [-0.3, -0.25) is 4.79 Å². The summed E-state index contributed by atoms with van der Waals surface area (Å²) in [4.78, 5) is 14.6. The summed E-state index contributed by atoms with van der Waals surface area (Å²) in [6, 6.07) is 4.62. The highest BCUT2D eigenvalue weighted by molar-refractivity contribution is 5.85. The minimum atomic E-state index is -0.570. The van der Waals surface area contributed by atoms with Crippen molar-refractivity contribution >= 4 is 18.3 Å². The summed E-state index contributed by atoms with van der Waals surface area (Å²) in [5.74, 6) is -1.17. The predicted octanol–water partition coefficient (Wildman–Crippen LogP) is 2.84. The first-order valence-corrected chi connectivity index (χ1v) is 8.11. The molecule has 0 spiro atoms. The second-order valence-corrected chi connectivity index (χ2v) is 6.83. The molecule has 3 fully saturated rings. The lowest BCUT2D eigenvalue weighted by Crippen LogP contribution is -2.40. The number of nitrogens with one attached hydrogen (secondary N) is 1. The maximum atomic E-state index is 13.8. The molecule has 1 aromatic rings. The van der Waals surface area contributed by atoms with Crippen molar-refractivity contribution in [2.75, 3.05) is 13.1 Å².